The Kier molecular flexibility index (Phi) is 6.74. The Morgan fingerprint density at radius 1 is 1.24 bits per heavy atom. The van der Waals surface area contributed by atoms with Crippen molar-refractivity contribution >= 4 is 17.5 Å². The molecule has 1 amide bonds. The highest BCUT2D eigenvalue weighted by molar-refractivity contribution is 6.02. The van der Waals surface area contributed by atoms with Gasteiger partial charge in [-0.1, -0.05) is 13.3 Å². The fraction of sp³-hybridized carbons (Fsp3) is 0.421. The van der Waals surface area contributed by atoms with Gasteiger partial charge in [0.2, 0.25) is 5.95 Å². The quantitative estimate of drug-likeness (QED) is 0.791. The summed E-state index contributed by atoms with van der Waals surface area (Å²) < 4.78 is 5.59. The molecular weight excluding hydrogens is 316 g/mol. The molecule has 2 rings (SSSR count). The van der Waals surface area contributed by atoms with Crippen molar-refractivity contribution in [2.45, 2.75) is 39.7 Å². The Hall–Kier alpha value is -2.63. The molecular formula is C19H26N4O2. The van der Waals surface area contributed by atoms with Gasteiger partial charge < -0.3 is 15.0 Å². The van der Waals surface area contributed by atoms with Crippen LogP contribution in [0.4, 0.5) is 11.6 Å². The summed E-state index contributed by atoms with van der Waals surface area (Å²) in [5.74, 6) is 1.07. The standard InChI is InChI=1S/C19H26N4O2/c1-5-6-13-23(4)19-20-12-11-17(22-19)18(24)21-15-7-9-16(10-8-15)25-14(2)3/h7-12,14H,5-6,13H2,1-4H3,(H,21,24). The van der Waals surface area contributed by atoms with Crippen LogP contribution < -0.4 is 15.0 Å². The third kappa shape index (κ3) is 5.74. The highest BCUT2D eigenvalue weighted by Crippen LogP contribution is 2.17. The average molecular weight is 342 g/mol. The molecule has 0 saturated heterocycles. The zero-order chi connectivity index (χ0) is 18.2. The minimum absolute atomic E-state index is 0.115. The molecule has 134 valence electrons. The topological polar surface area (TPSA) is 67.4 Å². The van der Waals surface area contributed by atoms with Crippen LogP contribution in [0.2, 0.25) is 0 Å². The van der Waals surface area contributed by atoms with Crippen LogP contribution in [0.3, 0.4) is 0 Å². The maximum Gasteiger partial charge on any atom is 0.274 e. The predicted molar refractivity (Wildman–Crippen MR) is 100 cm³/mol. The number of hydrogen-bond acceptors (Lipinski definition) is 5. The van der Waals surface area contributed by atoms with Gasteiger partial charge in [0.15, 0.2) is 0 Å². The first-order valence-electron chi connectivity index (χ1n) is 8.62. The molecule has 1 aromatic carbocycles. The van der Waals surface area contributed by atoms with Gasteiger partial charge in [0.25, 0.3) is 5.91 Å². The molecule has 0 fully saturated rings. The van der Waals surface area contributed by atoms with Gasteiger partial charge >= 0.3 is 0 Å². The molecule has 0 unspecified atom stereocenters. The van der Waals surface area contributed by atoms with Gasteiger partial charge in [-0.05, 0) is 50.6 Å². The van der Waals surface area contributed by atoms with Crippen LogP contribution in [0, 0.1) is 0 Å². The first kappa shape index (κ1) is 18.7. The lowest BCUT2D eigenvalue weighted by Crippen LogP contribution is -2.22. The van der Waals surface area contributed by atoms with Crippen molar-refractivity contribution in [1.29, 1.82) is 0 Å². The Bertz CT molecular complexity index is 686. The lowest BCUT2D eigenvalue weighted by Gasteiger charge is -2.16. The van der Waals surface area contributed by atoms with Crippen molar-refractivity contribution in [3.05, 3.63) is 42.2 Å². The molecule has 2 aromatic rings. The summed E-state index contributed by atoms with van der Waals surface area (Å²) in [5.41, 5.74) is 1.04. The number of carbonyl (C=O) groups is 1. The van der Waals surface area contributed by atoms with Gasteiger partial charge in [-0.25, -0.2) is 9.97 Å². The number of rotatable bonds is 8. The van der Waals surface area contributed by atoms with E-state index in [0.29, 0.717) is 17.3 Å². The zero-order valence-electron chi connectivity index (χ0n) is 15.3. The van der Waals surface area contributed by atoms with Crippen molar-refractivity contribution < 1.29 is 9.53 Å². The highest BCUT2D eigenvalue weighted by atomic mass is 16.5. The number of nitrogens with one attached hydrogen (secondary N) is 1. The van der Waals surface area contributed by atoms with Crippen LogP contribution in [0.1, 0.15) is 44.1 Å². The summed E-state index contributed by atoms with van der Waals surface area (Å²) in [6, 6.07) is 8.90. The molecule has 0 aliphatic carbocycles. The van der Waals surface area contributed by atoms with E-state index in [0.717, 1.165) is 25.1 Å². The van der Waals surface area contributed by atoms with E-state index in [2.05, 4.69) is 22.2 Å². The molecule has 1 heterocycles. The van der Waals surface area contributed by atoms with Crippen LogP contribution >= 0.6 is 0 Å². The molecule has 1 N–H and O–H groups in total. The zero-order valence-corrected chi connectivity index (χ0v) is 15.3. The van der Waals surface area contributed by atoms with E-state index in [1.165, 1.54) is 0 Å². The van der Waals surface area contributed by atoms with Crippen LogP contribution in [0.5, 0.6) is 5.75 Å². The number of benzene rings is 1. The van der Waals surface area contributed by atoms with Gasteiger partial charge in [0.1, 0.15) is 11.4 Å². The van der Waals surface area contributed by atoms with Crippen LogP contribution in [0.15, 0.2) is 36.5 Å². The third-order valence-electron chi connectivity index (χ3n) is 3.55. The van der Waals surface area contributed by atoms with Crippen molar-refractivity contribution in [2.24, 2.45) is 0 Å². The number of aromatic nitrogens is 2. The average Bonchev–Trinajstić information content (AvgIpc) is 2.61. The maximum atomic E-state index is 12.4. The number of carbonyl (C=O) groups excluding carboxylic acids is 1. The lowest BCUT2D eigenvalue weighted by molar-refractivity contribution is 0.102. The van der Waals surface area contributed by atoms with Crippen LogP contribution in [-0.4, -0.2) is 35.6 Å². The normalized spacial score (nSPS) is 10.6. The van der Waals surface area contributed by atoms with Gasteiger partial charge in [-0.15, -0.1) is 0 Å². The fourth-order valence-corrected chi connectivity index (χ4v) is 2.24. The van der Waals surface area contributed by atoms with Gasteiger partial charge in [-0.2, -0.15) is 0 Å². The van der Waals surface area contributed by atoms with Crippen molar-refractivity contribution in [1.82, 2.24) is 9.97 Å². The second-order valence-electron chi connectivity index (χ2n) is 6.16. The molecule has 6 heteroatoms. The van der Waals surface area contributed by atoms with Gasteiger partial charge in [-0.3, -0.25) is 4.79 Å². The number of hydrogen-bond donors (Lipinski definition) is 1. The number of anilines is 2. The minimum Gasteiger partial charge on any atom is -0.491 e. The molecule has 25 heavy (non-hydrogen) atoms. The molecule has 0 spiro atoms. The van der Waals surface area contributed by atoms with Gasteiger partial charge in [0, 0.05) is 25.5 Å². The largest absolute Gasteiger partial charge is 0.491 e. The summed E-state index contributed by atoms with van der Waals surface area (Å²) in [5, 5.41) is 2.84. The number of amides is 1. The van der Waals surface area contributed by atoms with Crippen molar-refractivity contribution in [2.75, 3.05) is 23.8 Å². The number of nitrogens with zero attached hydrogens (tertiary/aromatic N) is 3. The van der Waals surface area contributed by atoms with E-state index in [1.54, 1.807) is 12.3 Å². The van der Waals surface area contributed by atoms with Crippen LogP contribution in [0.25, 0.3) is 0 Å². The minimum atomic E-state index is -0.259. The smallest absolute Gasteiger partial charge is 0.274 e. The highest BCUT2D eigenvalue weighted by Gasteiger charge is 2.11. The SMILES string of the molecule is CCCCN(C)c1nccc(C(=O)Nc2ccc(OC(C)C)cc2)n1. The molecule has 1 aromatic heterocycles. The van der Waals surface area contributed by atoms with Crippen LogP contribution in [-0.2, 0) is 0 Å². The molecule has 0 saturated carbocycles. The summed E-state index contributed by atoms with van der Waals surface area (Å²) in [7, 11) is 1.93. The van der Waals surface area contributed by atoms with E-state index in [1.807, 2.05) is 50.1 Å². The second-order valence-corrected chi connectivity index (χ2v) is 6.16. The molecule has 6 nitrogen and oxygen atoms in total. The van der Waals surface area contributed by atoms with E-state index >= 15 is 0 Å². The molecule has 0 atom stereocenters. The molecule has 0 aliphatic rings. The molecule has 0 bridgehead atoms. The van der Waals surface area contributed by atoms with Gasteiger partial charge in [0.05, 0.1) is 6.10 Å². The fourth-order valence-electron chi connectivity index (χ4n) is 2.24. The van der Waals surface area contributed by atoms with E-state index in [4.69, 9.17) is 4.74 Å². The van der Waals surface area contributed by atoms with E-state index in [-0.39, 0.29) is 12.0 Å². The first-order chi connectivity index (χ1) is 12.0. The lowest BCUT2D eigenvalue weighted by atomic mass is 10.3. The predicted octanol–water partition coefficient (Wildman–Crippen LogP) is 3.75. The summed E-state index contributed by atoms with van der Waals surface area (Å²) >= 11 is 0. The molecule has 0 radical (unpaired) electrons. The van der Waals surface area contributed by atoms with E-state index in [9.17, 15) is 4.79 Å². The second kappa shape index (κ2) is 9.01. The number of unbranched alkanes of at least 4 members (excludes halogenated alkanes) is 1. The molecule has 0 aliphatic heterocycles. The Labute approximate surface area is 149 Å². The Balaban J connectivity index is 2.03. The number of ether oxygens (including phenoxy) is 1. The van der Waals surface area contributed by atoms with Crippen molar-refractivity contribution in [3.63, 3.8) is 0 Å². The monoisotopic (exact) mass is 342 g/mol. The van der Waals surface area contributed by atoms with Crippen molar-refractivity contribution in [3.8, 4) is 5.75 Å². The summed E-state index contributed by atoms with van der Waals surface area (Å²) in [6.45, 7) is 6.94. The first-order valence-corrected chi connectivity index (χ1v) is 8.62. The Morgan fingerprint density at radius 2 is 1.96 bits per heavy atom. The summed E-state index contributed by atoms with van der Waals surface area (Å²) in [6.07, 6.45) is 3.88. The van der Waals surface area contributed by atoms with E-state index < -0.39 is 0 Å². The maximum absolute atomic E-state index is 12.4. The third-order valence-corrected chi connectivity index (χ3v) is 3.55. The Morgan fingerprint density at radius 3 is 2.60 bits per heavy atom. The summed E-state index contributed by atoms with van der Waals surface area (Å²) in [4.78, 5) is 23.0.